The first kappa shape index (κ1) is 12.5. The zero-order chi connectivity index (χ0) is 13.1. The molecular weight excluding hydrogens is 242 g/mol. The fourth-order valence-corrected chi connectivity index (χ4v) is 1.47. The van der Waals surface area contributed by atoms with Gasteiger partial charge >= 0.3 is 0 Å². The van der Waals surface area contributed by atoms with Crippen LogP contribution >= 0.6 is 0 Å². The summed E-state index contributed by atoms with van der Waals surface area (Å²) in [5.41, 5.74) is 5.56. The van der Waals surface area contributed by atoms with Gasteiger partial charge in [-0.25, -0.2) is 4.98 Å². The number of aromatic amines is 1. The summed E-state index contributed by atoms with van der Waals surface area (Å²) in [5.74, 6) is 0.00515. The fraction of sp³-hybridized carbons (Fsp3) is 0.444. The third kappa shape index (κ3) is 2.47. The number of nitrogens with zero attached hydrogens (tertiary/aromatic N) is 3. The molecule has 0 aliphatic heterocycles. The van der Waals surface area contributed by atoms with Gasteiger partial charge in [-0.1, -0.05) is 0 Å². The van der Waals surface area contributed by atoms with Crippen LogP contribution in [0, 0.1) is 0 Å². The molecule has 5 N–H and O–H groups in total. The quantitative estimate of drug-likeness (QED) is 0.454. The number of nitrogens with one attached hydrogen (secondary N) is 1. The van der Waals surface area contributed by atoms with Gasteiger partial charge in [0.25, 0.3) is 5.56 Å². The van der Waals surface area contributed by atoms with Crippen LogP contribution in [-0.2, 0) is 11.3 Å². The van der Waals surface area contributed by atoms with Crippen molar-refractivity contribution in [2.45, 2.75) is 12.8 Å². The SMILES string of the molecule is Nc1nc2c(ncn2CCOC(O)CO)c(=O)[nH]1. The Labute approximate surface area is 101 Å². The highest BCUT2D eigenvalue weighted by Gasteiger charge is 2.09. The molecule has 1 atom stereocenters. The van der Waals surface area contributed by atoms with Crippen LogP contribution in [0.4, 0.5) is 5.95 Å². The van der Waals surface area contributed by atoms with Gasteiger partial charge in [-0.3, -0.25) is 9.78 Å². The summed E-state index contributed by atoms with van der Waals surface area (Å²) >= 11 is 0. The Hall–Kier alpha value is -1.97. The standard InChI is InChI=1S/C9H13N5O4/c10-9-12-7-6(8(17)13-9)11-4-14(7)1-2-18-5(16)3-15/h4-5,15-16H,1-3H2,(H3,10,12,13,17). The smallest absolute Gasteiger partial charge is 0.280 e. The topological polar surface area (TPSA) is 139 Å². The minimum atomic E-state index is -1.22. The predicted molar refractivity (Wildman–Crippen MR) is 61.6 cm³/mol. The Morgan fingerprint density at radius 3 is 3.11 bits per heavy atom. The predicted octanol–water partition coefficient (Wildman–Crippen LogP) is -1.97. The molecular formula is C9H13N5O4. The lowest BCUT2D eigenvalue weighted by atomic mass is 10.5. The Kier molecular flexibility index (Phi) is 3.55. The molecule has 1 unspecified atom stereocenters. The van der Waals surface area contributed by atoms with E-state index in [0.29, 0.717) is 12.2 Å². The number of ether oxygens (including phenoxy) is 1. The summed E-state index contributed by atoms with van der Waals surface area (Å²) < 4.78 is 6.46. The summed E-state index contributed by atoms with van der Waals surface area (Å²) in [4.78, 5) is 21.7. The average Bonchev–Trinajstić information content (AvgIpc) is 2.72. The number of rotatable bonds is 5. The second-order valence-electron chi connectivity index (χ2n) is 3.57. The molecule has 0 bridgehead atoms. The molecule has 0 aromatic carbocycles. The van der Waals surface area contributed by atoms with E-state index in [0.717, 1.165) is 0 Å². The maximum Gasteiger partial charge on any atom is 0.280 e. The first-order valence-electron chi connectivity index (χ1n) is 5.23. The number of hydrogen-bond acceptors (Lipinski definition) is 7. The molecule has 0 aliphatic carbocycles. The van der Waals surface area contributed by atoms with Gasteiger partial charge in [0, 0.05) is 6.54 Å². The van der Waals surface area contributed by atoms with E-state index in [9.17, 15) is 4.79 Å². The molecule has 0 aliphatic rings. The molecule has 0 saturated heterocycles. The summed E-state index contributed by atoms with van der Waals surface area (Å²) in [5, 5.41) is 17.6. The van der Waals surface area contributed by atoms with Crippen molar-refractivity contribution in [3.63, 3.8) is 0 Å². The Morgan fingerprint density at radius 1 is 1.61 bits per heavy atom. The van der Waals surface area contributed by atoms with Crippen molar-refractivity contribution >= 4 is 17.1 Å². The van der Waals surface area contributed by atoms with Gasteiger partial charge < -0.3 is 25.3 Å². The van der Waals surface area contributed by atoms with Crippen molar-refractivity contribution in [1.29, 1.82) is 0 Å². The summed E-state index contributed by atoms with van der Waals surface area (Å²) in [6.07, 6.45) is 0.210. The van der Waals surface area contributed by atoms with Gasteiger partial charge in [-0.2, -0.15) is 4.98 Å². The molecule has 2 heterocycles. The number of hydrogen-bond donors (Lipinski definition) is 4. The first-order valence-corrected chi connectivity index (χ1v) is 5.23. The Bertz CT molecular complexity index is 592. The highest BCUT2D eigenvalue weighted by Crippen LogP contribution is 2.06. The lowest BCUT2D eigenvalue weighted by Crippen LogP contribution is -2.19. The number of aliphatic hydroxyl groups excluding tert-OH is 2. The van der Waals surface area contributed by atoms with E-state index in [-0.39, 0.29) is 18.1 Å². The van der Waals surface area contributed by atoms with Crippen molar-refractivity contribution in [2.24, 2.45) is 0 Å². The van der Waals surface area contributed by atoms with Crippen LogP contribution < -0.4 is 11.3 Å². The van der Waals surface area contributed by atoms with E-state index in [4.69, 9.17) is 20.7 Å². The highest BCUT2D eigenvalue weighted by molar-refractivity contribution is 5.70. The van der Waals surface area contributed by atoms with E-state index in [2.05, 4.69) is 15.0 Å². The molecule has 0 spiro atoms. The fourth-order valence-electron chi connectivity index (χ4n) is 1.47. The van der Waals surface area contributed by atoms with Gasteiger partial charge in [-0.05, 0) is 0 Å². The molecule has 2 aromatic rings. The molecule has 0 saturated carbocycles. The number of aliphatic hydroxyl groups is 2. The minimum absolute atomic E-state index is 0.00515. The molecule has 9 heteroatoms. The number of imidazole rings is 1. The number of fused-ring (bicyclic) bond motifs is 1. The van der Waals surface area contributed by atoms with E-state index in [1.807, 2.05) is 0 Å². The van der Waals surface area contributed by atoms with Crippen molar-refractivity contribution in [2.75, 3.05) is 18.9 Å². The van der Waals surface area contributed by atoms with Crippen LogP contribution in [0.3, 0.4) is 0 Å². The molecule has 0 amide bonds. The van der Waals surface area contributed by atoms with Crippen molar-refractivity contribution < 1.29 is 14.9 Å². The number of anilines is 1. The molecule has 9 nitrogen and oxygen atoms in total. The Balaban J connectivity index is 2.17. The van der Waals surface area contributed by atoms with E-state index in [1.165, 1.54) is 6.33 Å². The zero-order valence-electron chi connectivity index (χ0n) is 9.41. The zero-order valence-corrected chi connectivity index (χ0v) is 9.41. The summed E-state index contributed by atoms with van der Waals surface area (Å²) in [7, 11) is 0. The van der Waals surface area contributed by atoms with Crippen LogP contribution in [0.5, 0.6) is 0 Å². The van der Waals surface area contributed by atoms with Gasteiger partial charge in [0.05, 0.1) is 19.5 Å². The van der Waals surface area contributed by atoms with Crippen molar-refractivity contribution in [3.05, 3.63) is 16.7 Å². The molecule has 2 rings (SSSR count). The number of H-pyrrole nitrogens is 1. The van der Waals surface area contributed by atoms with Crippen molar-refractivity contribution in [1.82, 2.24) is 19.5 Å². The van der Waals surface area contributed by atoms with Crippen LogP contribution in [0.15, 0.2) is 11.1 Å². The lowest BCUT2D eigenvalue weighted by molar-refractivity contribution is -0.125. The third-order valence-corrected chi connectivity index (χ3v) is 2.29. The van der Waals surface area contributed by atoms with E-state index in [1.54, 1.807) is 4.57 Å². The number of aromatic nitrogens is 4. The molecule has 0 radical (unpaired) electrons. The van der Waals surface area contributed by atoms with Crippen molar-refractivity contribution in [3.8, 4) is 0 Å². The molecule has 0 fully saturated rings. The first-order chi connectivity index (χ1) is 8.61. The lowest BCUT2D eigenvalue weighted by Gasteiger charge is -2.09. The molecule has 18 heavy (non-hydrogen) atoms. The number of nitrogens with two attached hydrogens (primary N) is 1. The summed E-state index contributed by atoms with van der Waals surface area (Å²) in [6, 6.07) is 0. The van der Waals surface area contributed by atoms with Gasteiger partial charge in [-0.15, -0.1) is 0 Å². The average molecular weight is 255 g/mol. The summed E-state index contributed by atoms with van der Waals surface area (Å²) in [6.45, 7) is -0.0133. The third-order valence-electron chi connectivity index (χ3n) is 2.29. The van der Waals surface area contributed by atoms with Gasteiger partial charge in [0.15, 0.2) is 17.5 Å². The molecule has 2 aromatic heterocycles. The van der Waals surface area contributed by atoms with Crippen LogP contribution in [0.25, 0.3) is 11.2 Å². The van der Waals surface area contributed by atoms with E-state index < -0.39 is 18.5 Å². The highest BCUT2D eigenvalue weighted by atomic mass is 16.6. The van der Waals surface area contributed by atoms with Gasteiger partial charge in [0.1, 0.15) is 0 Å². The van der Waals surface area contributed by atoms with Crippen LogP contribution in [0.2, 0.25) is 0 Å². The van der Waals surface area contributed by atoms with Crippen LogP contribution in [-0.4, -0.2) is 49.2 Å². The van der Waals surface area contributed by atoms with Crippen LogP contribution in [0.1, 0.15) is 0 Å². The molecule has 98 valence electrons. The number of nitrogen functional groups attached to an aromatic ring is 1. The second-order valence-corrected chi connectivity index (χ2v) is 3.57. The minimum Gasteiger partial charge on any atom is -0.391 e. The normalized spacial score (nSPS) is 13.0. The maximum atomic E-state index is 11.5. The van der Waals surface area contributed by atoms with Gasteiger partial charge in [0.2, 0.25) is 5.95 Å². The largest absolute Gasteiger partial charge is 0.391 e. The Morgan fingerprint density at radius 2 is 2.39 bits per heavy atom. The monoisotopic (exact) mass is 255 g/mol. The second kappa shape index (κ2) is 5.12. The van der Waals surface area contributed by atoms with E-state index >= 15 is 0 Å². The maximum absolute atomic E-state index is 11.5.